The largest absolute Gasteiger partial charge is 0.271 e. The number of hydrogen-bond acceptors (Lipinski definition) is 2. The maximum absolute atomic E-state index is 12.3. The highest BCUT2D eigenvalue weighted by Gasteiger charge is 2.08. The Balaban J connectivity index is 1.78. The Bertz CT molecular complexity index is 901. The van der Waals surface area contributed by atoms with E-state index in [-0.39, 0.29) is 5.91 Å². The minimum absolute atomic E-state index is 0.266. The normalized spacial score (nSPS) is 11.0. The van der Waals surface area contributed by atoms with Gasteiger partial charge in [-0.15, -0.1) is 0 Å². The lowest BCUT2D eigenvalue weighted by Crippen LogP contribution is -2.17. The number of hydrogen-bond donors (Lipinski definition) is 1. The first-order valence-corrected chi connectivity index (χ1v) is 7.67. The van der Waals surface area contributed by atoms with Crippen LogP contribution < -0.4 is 5.43 Å². The quantitative estimate of drug-likeness (QED) is 0.533. The minimum atomic E-state index is -0.266. The maximum Gasteiger partial charge on any atom is 0.271 e. The third kappa shape index (κ3) is 3.52. The second kappa shape index (κ2) is 6.82. The van der Waals surface area contributed by atoms with Crippen LogP contribution in [0.25, 0.3) is 10.8 Å². The number of halogens is 2. The Hall–Kier alpha value is -2.36. The molecule has 0 radical (unpaired) electrons. The van der Waals surface area contributed by atoms with Crippen molar-refractivity contribution in [3.63, 3.8) is 0 Å². The van der Waals surface area contributed by atoms with Crippen LogP contribution in [0.2, 0.25) is 10.0 Å². The predicted octanol–water partition coefficient (Wildman–Crippen LogP) is 4.91. The molecule has 3 aromatic carbocycles. The molecule has 1 N–H and O–H groups in total. The average Bonchev–Trinajstić information content (AvgIpc) is 2.57. The van der Waals surface area contributed by atoms with Crippen LogP contribution in [0.15, 0.2) is 65.8 Å². The van der Waals surface area contributed by atoms with Crippen LogP contribution in [0.3, 0.4) is 0 Å². The molecule has 3 aromatic rings. The van der Waals surface area contributed by atoms with Gasteiger partial charge in [0.05, 0.1) is 16.3 Å². The van der Waals surface area contributed by atoms with Gasteiger partial charge in [0.25, 0.3) is 5.91 Å². The first-order valence-electron chi connectivity index (χ1n) is 6.91. The second-order valence-corrected chi connectivity index (χ2v) is 5.71. The van der Waals surface area contributed by atoms with Gasteiger partial charge in [-0.3, -0.25) is 4.79 Å². The third-order valence-corrected chi connectivity index (χ3v) is 4.10. The predicted molar refractivity (Wildman–Crippen MR) is 95.5 cm³/mol. The zero-order valence-electron chi connectivity index (χ0n) is 12.0. The molecule has 0 saturated carbocycles. The molecule has 0 saturated heterocycles. The van der Waals surface area contributed by atoms with E-state index < -0.39 is 0 Å². The molecule has 0 spiro atoms. The van der Waals surface area contributed by atoms with E-state index in [4.69, 9.17) is 23.2 Å². The van der Waals surface area contributed by atoms with E-state index in [0.717, 1.165) is 16.3 Å². The number of hydrazone groups is 1. The summed E-state index contributed by atoms with van der Waals surface area (Å²) in [6.07, 6.45) is 1.52. The molecule has 3 rings (SSSR count). The molecule has 0 aromatic heterocycles. The molecule has 23 heavy (non-hydrogen) atoms. The molecule has 3 nitrogen and oxygen atoms in total. The molecular formula is C18H12Cl2N2O. The molecule has 0 unspecified atom stereocenters. The number of benzene rings is 3. The van der Waals surface area contributed by atoms with E-state index in [1.54, 1.807) is 24.3 Å². The molecule has 0 aliphatic rings. The van der Waals surface area contributed by atoms with E-state index >= 15 is 0 Å². The highest BCUT2D eigenvalue weighted by atomic mass is 35.5. The van der Waals surface area contributed by atoms with E-state index in [2.05, 4.69) is 10.5 Å². The second-order valence-electron chi connectivity index (χ2n) is 4.90. The van der Waals surface area contributed by atoms with Gasteiger partial charge in [-0.2, -0.15) is 5.10 Å². The first-order chi connectivity index (χ1) is 11.1. The lowest BCUT2D eigenvalue weighted by molar-refractivity contribution is 0.0957. The monoisotopic (exact) mass is 342 g/mol. The highest BCUT2D eigenvalue weighted by Crippen LogP contribution is 2.22. The first kappa shape index (κ1) is 15.5. The number of amides is 1. The summed E-state index contributed by atoms with van der Waals surface area (Å²) in [4.78, 5) is 12.3. The lowest BCUT2D eigenvalue weighted by atomic mass is 10.0. The molecule has 0 atom stereocenters. The molecule has 0 bridgehead atoms. The van der Waals surface area contributed by atoms with Crippen molar-refractivity contribution in [2.24, 2.45) is 5.10 Å². The van der Waals surface area contributed by atoms with Gasteiger partial charge in [-0.25, -0.2) is 5.43 Å². The van der Waals surface area contributed by atoms with Crippen molar-refractivity contribution in [1.29, 1.82) is 0 Å². The number of nitrogens with zero attached hydrogens (tertiary/aromatic N) is 1. The molecule has 0 aliphatic carbocycles. The fraction of sp³-hybridized carbons (Fsp3) is 0. The van der Waals surface area contributed by atoms with Gasteiger partial charge in [-0.05, 0) is 34.5 Å². The summed E-state index contributed by atoms with van der Waals surface area (Å²) in [7, 11) is 0. The van der Waals surface area contributed by atoms with Gasteiger partial charge in [0.15, 0.2) is 0 Å². The number of carbonyl (C=O) groups is 1. The van der Waals surface area contributed by atoms with Gasteiger partial charge < -0.3 is 0 Å². The van der Waals surface area contributed by atoms with Crippen molar-refractivity contribution in [3.05, 3.63) is 81.8 Å². The number of carbonyl (C=O) groups excluding carboxylic acids is 1. The Morgan fingerprint density at radius 2 is 1.74 bits per heavy atom. The highest BCUT2D eigenvalue weighted by molar-refractivity contribution is 6.42. The summed E-state index contributed by atoms with van der Waals surface area (Å²) < 4.78 is 0. The summed E-state index contributed by atoms with van der Waals surface area (Å²) in [5.41, 5.74) is 3.85. The van der Waals surface area contributed by atoms with Crippen LogP contribution in [0.4, 0.5) is 0 Å². The Labute approximate surface area is 143 Å². The van der Waals surface area contributed by atoms with Crippen molar-refractivity contribution in [3.8, 4) is 0 Å². The van der Waals surface area contributed by atoms with Crippen molar-refractivity contribution in [2.45, 2.75) is 0 Å². The van der Waals surface area contributed by atoms with Gasteiger partial charge in [0.2, 0.25) is 0 Å². The van der Waals surface area contributed by atoms with Gasteiger partial charge in [0.1, 0.15) is 0 Å². The van der Waals surface area contributed by atoms with Crippen molar-refractivity contribution >= 4 is 46.1 Å². The zero-order chi connectivity index (χ0) is 16.2. The third-order valence-electron chi connectivity index (χ3n) is 3.36. The summed E-state index contributed by atoms with van der Waals surface area (Å²) in [5, 5.41) is 6.78. The topological polar surface area (TPSA) is 41.5 Å². The molecular weight excluding hydrogens is 331 g/mol. The standard InChI is InChI=1S/C18H12Cl2N2O/c19-16-9-8-12(10-17(16)20)11-21-22-18(23)15-7-3-5-13-4-1-2-6-14(13)15/h1-11H,(H,22,23). The SMILES string of the molecule is O=C(NN=Cc1ccc(Cl)c(Cl)c1)c1cccc2ccccc12. The van der Waals surface area contributed by atoms with Gasteiger partial charge in [-0.1, -0.05) is 65.7 Å². The van der Waals surface area contributed by atoms with Crippen LogP contribution in [0.1, 0.15) is 15.9 Å². The summed E-state index contributed by atoms with van der Waals surface area (Å²) in [6, 6.07) is 18.4. The van der Waals surface area contributed by atoms with Crippen LogP contribution in [-0.4, -0.2) is 12.1 Å². The minimum Gasteiger partial charge on any atom is -0.267 e. The van der Waals surface area contributed by atoms with Crippen LogP contribution in [0.5, 0.6) is 0 Å². The van der Waals surface area contributed by atoms with Crippen molar-refractivity contribution < 1.29 is 4.79 Å². The molecule has 114 valence electrons. The summed E-state index contributed by atoms with van der Waals surface area (Å²) >= 11 is 11.8. The number of nitrogens with one attached hydrogen (secondary N) is 1. The molecule has 0 heterocycles. The number of fused-ring (bicyclic) bond motifs is 1. The van der Waals surface area contributed by atoms with Crippen molar-refractivity contribution in [2.75, 3.05) is 0 Å². The number of rotatable bonds is 3. The lowest BCUT2D eigenvalue weighted by Gasteiger charge is -2.04. The van der Waals surface area contributed by atoms with E-state index in [9.17, 15) is 4.79 Å². The Morgan fingerprint density at radius 1 is 0.957 bits per heavy atom. The summed E-state index contributed by atoms with van der Waals surface area (Å²) in [5.74, 6) is -0.266. The van der Waals surface area contributed by atoms with E-state index in [1.165, 1.54) is 6.21 Å². The molecule has 5 heteroatoms. The Kier molecular flexibility index (Phi) is 4.60. The van der Waals surface area contributed by atoms with Gasteiger partial charge in [0, 0.05) is 5.56 Å². The van der Waals surface area contributed by atoms with E-state index in [1.807, 2.05) is 36.4 Å². The molecule has 0 fully saturated rings. The zero-order valence-corrected chi connectivity index (χ0v) is 13.5. The van der Waals surface area contributed by atoms with Gasteiger partial charge >= 0.3 is 0 Å². The maximum atomic E-state index is 12.3. The fourth-order valence-corrected chi connectivity index (χ4v) is 2.55. The molecule has 0 aliphatic heterocycles. The average molecular weight is 343 g/mol. The summed E-state index contributed by atoms with van der Waals surface area (Å²) in [6.45, 7) is 0. The van der Waals surface area contributed by atoms with E-state index in [0.29, 0.717) is 15.6 Å². The van der Waals surface area contributed by atoms with Crippen LogP contribution >= 0.6 is 23.2 Å². The fourth-order valence-electron chi connectivity index (χ4n) is 2.24. The smallest absolute Gasteiger partial charge is 0.267 e. The Morgan fingerprint density at radius 3 is 2.57 bits per heavy atom. The van der Waals surface area contributed by atoms with Crippen LogP contribution in [-0.2, 0) is 0 Å². The van der Waals surface area contributed by atoms with Crippen molar-refractivity contribution in [1.82, 2.24) is 5.43 Å². The van der Waals surface area contributed by atoms with Crippen LogP contribution in [0, 0.1) is 0 Å². The molecule has 1 amide bonds.